The Kier molecular flexibility index (Phi) is 6.01. The van der Waals surface area contributed by atoms with E-state index in [2.05, 4.69) is 5.10 Å². The first kappa shape index (κ1) is 22.0. The van der Waals surface area contributed by atoms with E-state index in [4.69, 9.17) is 9.47 Å². The Hall–Kier alpha value is -2.70. The van der Waals surface area contributed by atoms with Gasteiger partial charge in [0.1, 0.15) is 5.69 Å². The van der Waals surface area contributed by atoms with Crippen molar-refractivity contribution in [1.82, 2.24) is 0 Å². The number of benzene rings is 2. The maximum absolute atomic E-state index is 14.1. The molecule has 0 spiro atoms. The summed E-state index contributed by atoms with van der Waals surface area (Å²) >= 11 is 1.99. The van der Waals surface area contributed by atoms with Crippen molar-refractivity contribution in [2.45, 2.75) is 6.92 Å². The fourth-order valence-corrected chi connectivity index (χ4v) is 3.65. The number of nitrogens with zero attached hydrogens (tertiary/aromatic N) is 2. The quantitative estimate of drug-likeness (QED) is 0.185. The lowest BCUT2D eigenvalue weighted by molar-refractivity contribution is -0.114. The molecule has 1 aliphatic rings. The summed E-state index contributed by atoms with van der Waals surface area (Å²) in [5.74, 6) is -11.2. The molecule has 0 saturated carbocycles. The summed E-state index contributed by atoms with van der Waals surface area (Å²) in [5.41, 5.74) is -1.05. The van der Waals surface area contributed by atoms with Gasteiger partial charge in [0.25, 0.3) is 5.91 Å². The molecule has 30 heavy (non-hydrogen) atoms. The SMILES string of the molecule is COc1cc(/C=C2/C(=O)N(c3c(F)c(F)c(F)c(F)c3F)N=C2C)cc(I)c1OC. The smallest absolute Gasteiger partial charge is 0.280 e. The number of methoxy groups -OCH3 is 2. The molecule has 0 aromatic heterocycles. The van der Waals surface area contributed by atoms with E-state index < -0.39 is 40.7 Å². The number of hydrogen-bond acceptors (Lipinski definition) is 4. The van der Waals surface area contributed by atoms with E-state index in [9.17, 15) is 26.7 Å². The van der Waals surface area contributed by atoms with Gasteiger partial charge in [0.15, 0.2) is 34.8 Å². The highest BCUT2D eigenvalue weighted by molar-refractivity contribution is 14.1. The molecule has 158 valence electrons. The number of carbonyl (C=O) groups is 1. The van der Waals surface area contributed by atoms with Gasteiger partial charge in [0.2, 0.25) is 5.82 Å². The second kappa shape index (κ2) is 8.20. The maximum Gasteiger partial charge on any atom is 0.280 e. The number of anilines is 1. The monoisotopic (exact) mass is 538 g/mol. The molecule has 1 amide bonds. The third-order valence-electron chi connectivity index (χ3n) is 4.23. The summed E-state index contributed by atoms with van der Waals surface area (Å²) in [6, 6.07) is 3.20. The van der Waals surface area contributed by atoms with E-state index >= 15 is 0 Å². The van der Waals surface area contributed by atoms with Crippen molar-refractivity contribution in [3.63, 3.8) is 0 Å². The lowest BCUT2D eigenvalue weighted by Crippen LogP contribution is -2.25. The van der Waals surface area contributed by atoms with Gasteiger partial charge < -0.3 is 9.47 Å². The van der Waals surface area contributed by atoms with E-state index in [-0.39, 0.29) is 16.3 Å². The van der Waals surface area contributed by atoms with Gasteiger partial charge in [-0.25, -0.2) is 22.0 Å². The highest BCUT2D eigenvalue weighted by Crippen LogP contribution is 2.36. The van der Waals surface area contributed by atoms with E-state index in [0.717, 1.165) is 0 Å². The van der Waals surface area contributed by atoms with Crippen LogP contribution >= 0.6 is 22.6 Å². The largest absolute Gasteiger partial charge is 0.493 e. The van der Waals surface area contributed by atoms with Crippen LogP contribution in [0.4, 0.5) is 27.6 Å². The molecule has 0 aliphatic carbocycles. The third-order valence-corrected chi connectivity index (χ3v) is 5.03. The highest BCUT2D eigenvalue weighted by atomic mass is 127. The molecule has 0 radical (unpaired) electrons. The van der Waals surface area contributed by atoms with Gasteiger partial charge in [-0.15, -0.1) is 0 Å². The summed E-state index contributed by atoms with van der Waals surface area (Å²) in [6.07, 6.45) is 1.36. The Morgan fingerprint density at radius 2 is 1.53 bits per heavy atom. The second-order valence-electron chi connectivity index (χ2n) is 6.02. The van der Waals surface area contributed by atoms with Crippen molar-refractivity contribution in [2.75, 3.05) is 19.2 Å². The van der Waals surface area contributed by atoms with Crippen LogP contribution in [0.3, 0.4) is 0 Å². The lowest BCUT2D eigenvalue weighted by atomic mass is 10.1. The standard InChI is InChI=1S/C19H12F5IN2O3/c1-7-9(4-8-5-10(25)18(30-3)11(6-8)29-2)19(28)27(26-7)17-15(23)13(21)12(20)14(22)16(17)24/h4-6H,1-3H3/b9-4+. The minimum absolute atomic E-state index is 0.0220. The number of carbonyl (C=O) groups excluding carboxylic acids is 1. The maximum atomic E-state index is 14.1. The summed E-state index contributed by atoms with van der Waals surface area (Å²) in [6.45, 7) is 1.36. The molecule has 2 aromatic rings. The molecule has 1 aliphatic heterocycles. The molecule has 2 aromatic carbocycles. The van der Waals surface area contributed by atoms with Crippen molar-refractivity contribution >= 4 is 46.0 Å². The molecule has 5 nitrogen and oxygen atoms in total. The fourth-order valence-electron chi connectivity index (χ4n) is 2.80. The average molecular weight is 538 g/mol. The molecule has 0 saturated heterocycles. The first-order chi connectivity index (χ1) is 14.1. The zero-order valence-electron chi connectivity index (χ0n) is 15.6. The van der Waals surface area contributed by atoms with Crippen molar-refractivity contribution in [3.05, 3.63) is 55.9 Å². The van der Waals surface area contributed by atoms with Gasteiger partial charge >= 0.3 is 0 Å². The Labute approximate surface area is 180 Å². The van der Waals surface area contributed by atoms with Crippen molar-refractivity contribution in [3.8, 4) is 11.5 Å². The lowest BCUT2D eigenvalue weighted by Gasteiger charge is -2.15. The van der Waals surface area contributed by atoms with E-state index in [1.165, 1.54) is 27.2 Å². The predicted octanol–water partition coefficient (Wildman–Crippen LogP) is 4.81. The molecule has 0 atom stereocenters. The Balaban J connectivity index is 2.09. The molecule has 0 N–H and O–H groups in total. The van der Waals surface area contributed by atoms with Gasteiger partial charge in [-0.1, -0.05) is 0 Å². The summed E-state index contributed by atoms with van der Waals surface area (Å²) in [5, 5.41) is 3.84. The molecular weight excluding hydrogens is 526 g/mol. The minimum atomic E-state index is -2.32. The fraction of sp³-hybridized carbons (Fsp3) is 0.158. The molecule has 11 heteroatoms. The Bertz CT molecular complexity index is 1100. The van der Waals surface area contributed by atoms with Crippen LogP contribution in [0.2, 0.25) is 0 Å². The molecule has 0 fully saturated rings. The summed E-state index contributed by atoms with van der Waals surface area (Å²) in [7, 11) is 2.88. The topological polar surface area (TPSA) is 51.1 Å². The number of halogens is 6. The van der Waals surface area contributed by atoms with Crippen LogP contribution in [-0.2, 0) is 4.79 Å². The minimum Gasteiger partial charge on any atom is -0.493 e. The third kappa shape index (κ3) is 3.50. The van der Waals surface area contributed by atoms with Crippen LogP contribution in [0.1, 0.15) is 12.5 Å². The van der Waals surface area contributed by atoms with Crippen LogP contribution in [0.5, 0.6) is 11.5 Å². The zero-order chi connectivity index (χ0) is 22.3. The van der Waals surface area contributed by atoms with E-state index in [1.54, 1.807) is 12.1 Å². The number of amides is 1. The van der Waals surface area contributed by atoms with Crippen LogP contribution in [-0.4, -0.2) is 25.8 Å². The van der Waals surface area contributed by atoms with Gasteiger partial charge in [-0.05, 0) is 53.3 Å². The molecule has 0 unspecified atom stereocenters. The Morgan fingerprint density at radius 3 is 2.07 bits per heavy atom. The van der Waals surface area contributed by atoms with Crippen molar-refractivity contribution in [1.29, 1.82) is 0 Å². The number of rotatable bonds is 4. The molecule has 3 rings (SSSR count). The van der Waals surface area contributed by atoms with Crippen LogP contribution in [0, 0.1) is 32.7 Å². The highest BCUT2D eigenvalue weighted by Gasteiger charge is 2.37. The Morgan fingerprint density at radius 1 is 0.967 bits per heavy atom. The summed E-state index contributed by atoms with van der Waals surface area (Å²) in [4.78, 5) is 12.7. The molecule has 1 heterocycles. The van der Waals surface area contributed by atoms with Crippen molar-refractivity contribution in [2.24, 2.45) is 5.10 Å². The van der Waals surface area contributed by atoms with Gasteiger partial charge in [-0.2, -0.15) is 10.1 Å². The van der Waals surface area contributed by atoms with Crippen LogP contribution in [0.25, 0.3) is 6.08 Å². The van der Waals surface area contributed by atoms with Gasteiger partial charge in [0.05, 0.1) is 29.1 Å². The number of hydrogen-bond donors (Lipinski definition) is 0. The second-order valence-corrected chi connectivity index (χ2v) is 7.18. The first-order valence-electron chi connectivity index (χ1n) is 8.17. The van der Waals surface area contributed by atoms with Gasteiger partial charge in [-0.3, -0.25) is 4.79 Å². The normalized spacial score (nSPS) is 15.1. The van der Waals surface area contributed by atoms with Gasteiger partial charge in [0, 0.05) is 0 Å². The average Bonchev–Trinajstić information content (AvgIpc) is 2.98. The molecular formula is C19H12F5IN2O3. The number of ether oxygens (including phenoxy) is 2. The van der Waals surface area contributed by atoms with E-state index in [0.29, 0.717) is 20.6 Å². The first-order valence-corrected chi connectivity index (χ1v) is 9.24. The van der Waals surface area contributed by atoms with Crippen molar-refractivity contribution < 1.29 is 36.2 Å². The van der Waals surface area contributed by atoms with Crippen LogP contribution in [0.15, 0.2) is 22.8 Å². The van der Waals surface area contributed by atoms with Crippen LogP contribution < -0.4 is 14.5 Å². The summed E-state index contributed by atoms with van der Waals surface area (Å²) < 4.78 is 79.7. The van der Waals surface area contributed by atoms with E-state index in [1.807, 2.05) is 22.6 Å². The zero-order valence-corrected chi connectivity index (χ0v) is 17.8. The molecule has 0 bridgehead atoms. The predicted molar refractivity (Wildman–Crippen MR) is 107 cm³/mol. The number of hydrazone groups is 1.